The standard InChI is InChI=1S/C19H34N6OS/c1-4-21-19(23-13-17-14(2)24-15(3)27-17)22-9-5-6-10-25-11-7-16(8-12-25)18(20)26/h16H,4-13H2,1-3H3,(H2,20,26)(H2,21,22,23). The van der Waals surface area contributed by atoms with Crippen LogP contribution in [0.2, 0.25) is 0 Å². The molecule has 2 heterocycles. The lowest BCUT2D eigenvalue weighted by Crippen LogP contribution is -2.39. The maximum absolute atomic E-state index is 11.2. The van der Waals surface area contributed by atoms with E-state index in [4.69, 9.17) is 5.73 Å². The zero-order chi connectivity index (χ0) is 19.6. The maximum atomic E-state index is 11.2. The minimum Gasteiger partial charge on any atom is -0.369 e. The summed E-state index contributed by atoms with van der Waals surface area (Å²) in [5.74, 6) is 0.802. The Morgan fingerprint density at radius 2 is 2.04 bits per heavy atom. The highest BCUT2D eigenvalue weighted by Gasteiger charge is 2.22. The molecular weight excluding hydrogens is 360 g/mol. The summed E-state index contributed by atoms with van der Waals surface area (Å²) in [4.78, 5) is 24.0. The van der Waals surface area contributed by atoms with Crippen molar-refractivity contribution in [1.82, 2.24) is 20.5 Å². The Kier molecular flexibility index (Phi) is 9.00. The third kappa shape index (κ3) is 7.46. The monoisotopic (exact) mass is 394 g/mol. The molecule has 152 valence electrons. The van der Waals surface area contributed by atoms with Crippen molar-refractivity contribution < 1.29 is 4.79 Å². The van der Waals surface area contributed by atoms with Crippen LogP contribution in [-0.4, -0.2) is 54.5 Å². The maximum Gasteiger partial charge on any atom is 0.220 e. The molecule has 0 spiro atoms. The van der Waals surface area contributed by atoms with Gasteiger partial charge in [-0.3, -0.25) is 4.79 Å². The van der Waals surface area contributed by atoms with Gasteiger partial charge in [-0.05, 0) is 66.1 Å². The number of amides is 1. The summed E-state index contributed by atoms with van der Waals surface area (Å²) >= 11 is 1.72. The van der Waals surface area contributed by atoms with Crippen molar-refractivity contribution in [3.63, 3.8) is 0 Å². The molecular formula is C19H34N6OS. The number of piperidine rings is 1. The summed E-state index contributed by atoms with van der Waals surface area (Å²) in [7, 11) is 0. The largest absolute Gasteiger partial charge is 0.369 e. The number of nitrogens with zero attached hydrogens (tertiary/aromatic N) is 3. The zero-order valence-corrected chi connectivity index (χ0v) is 17.7. The number of aryl methyl sites for hydroxylation is 2. The van der Waals surface area contributed by atoms with Crippen LogP contribution in [0.3, 0.4) is 0 Å². The molecule has 0 bridgehead atoms. The molecule has 0 saturated carbocycles. The van der Waals surface area contributed by atoms with Crippen LogP contribution in [0, 0.1) is 19.8 Å². The van der Waals surface area contributed by atoms with Gasteiger partial charge in [-0.15, -0.1) is 11.3 Å². The summed E-state index contributed by atoms with van der Waals surface area (Å²) in [5.41, 5.74) is 6.47. The number of carbonyl (C=O) groups is 1. The second-order valence-corrected chi connectivity index (χ2v) is 8.38. The van der Waals surface area contributed by atoms with E-state index < -0.39 is 0 Å². The van der Waals surface area contributed by atoms with Crippen molar-refractivity contribution >= 4 is 23.2 Å². The molecule has 1 saturated heterocycles. The number of nitrogens with one attached hydrogen (secondary N) is 2. The summed E-state index contributed by atoms with van der Waals surface area (Å²) in [6, 6.07) is 0. The first kappa shape index (κ1) is 21.6. The number of likely N-dealkylation sites (tertiary alicyclic amines) is 1. The average Bonchev–Trinajstić information content (AvgIpc) is 2.97. The first-order valence-electron chi connectivity index (χ1n) is 9.96. The topological polar surface area (TPSA) is 95.6 Å². The molecule has 1 aliphatic heterocycles. The normalized spacial score (nSPS) is 16.5. The van der Waals surface area contributed by atoms with E-state index in [1.807, 2.05) is 13.8 Å². The number of nitrogens with two attached hydrogens (primary N) is 1. The predicted octanol–water partition coefficient (Wildman–Crippen LogP) is 1.79. The molecule has 1 amide bonds. The molecule has 1 aromatic rings. The summed E-state index contributed by atoms with van der Waals surface area (Å²) in [5, 5.41) is 7.82. The fourth-order valence-corrected chi connectivity index (χ4v) is 4.18. The molecule has 0 aliphatic carbocycles. The van der Waals surface area contributed by atoms with Gasteiger partial charge in [0.25, 0.3) is 0 Å². The average molecular weight is 395 g/mol. The van der Waals surface area contributed by atoms with Crippen molar-refractivity contribution in [3.8, 4) is 0 Å². The molecule has 1 aliphatic rings. The lowest BCUT2D eigenvalue weighted by atomic mass is 9.96. The molecule has 27 heavy (non-hydrogen) atoms. The Bertz CT molecular complexity index is 622. The molecule has 0 atom stereocenters. The number of hydrogen-bond donors (Lipinski definition) is 3. The Morgan fingerprint density at radius 3 is 2.63 bits per heavy atom. The number of carbonyl (C=O) groups excluding carboxylic acids is 1. The van der Waals surface area contributed by atoms with Crippen molar-refractivity contribution in [3.05, 3.63) is 15.6 Å². The molecule has 4 N–H and O–H groups in total. The Balaban J connectivity index is 1.65. The number of guanidine groups is 1. The second kappa shape index (κ2) is 11.2. The second-order valence-electron chi connectivity index (χ2n) is 7.09. The van der Waals surface area contributed by atoms with E-state index in [1.54, 1.807) is 11.3 Å². The molecule has 7 nitrogen and oxygen atoms in total. The van der Waals surface area contributed by atoms with E-state index in [-0.39, 0.29) is 11.8 Å². The fraction of sp³-hybridized carbons (Fsp3) is 0.737. The minimum atomic E-state index is -0.141. The molecule has 8 heteroatoms. The highest BCUT2D eigenvalue weighted by molar-refractivity contribution is 7.11. The fourth-order valence-electron chi connectivity index (χ4n) is 3.32. The van der Waals surface area contributed by atoms with Crippen molar-refractivity contribution in [1.29, 1.82) is 0 Å². The van der Waals surface area contributed by atoms with Crippen LogP contribution < -0.4 is 16.4 Å². The number of rotatable bonds is 9. The number of unbranched alkanes of at least 4 members (excludes halogenated alkanes) is 1. The van der Waals surface area contributed by atoms with Gasteiger partial charge in [0, 0.05) is 23.9 Å². The lowest BCUT2D eigenvalue weighted by Gasteiger charge is -2.30. The first-order chi connectivity index (χ1) is 13.0. The van der Waals surface area contributed by atoms with E-state index >= 15 is 0 Å². The third-order valence-electron chi connectivity index (χ3n) is 4.91. The van der Waals surface area contributed by atoms with Crippen LogP contribution in [0.15, 0.2) is 4.99 Å². The highest BCUT2D eigenvalue weighted by Crippen LogP contribution is 2.18. The molecule has 1 fully saturated rings. The van der Waals surface area contributed by atoms with Crippen molar-refractivity contribution in [2.45, 2.75) is 53.0 Å². The first-order valence-corrected chi connectivity index (χ1v) is 10.8. The summed E-state index contributed by atoms with van der Waals surface area (Å²) in [6.45, 7) is 11.6. The van der Waals surface area contributed by atoms with Crippen LogP contribution in [0.25, 0.3) is 0 Å². The van der Waals surface area contributed by atoms with Gasteiger partial charge in [-0.1, -0.05) is 0 Å². The Labute approximate surface area is 166 Å². The van der Waals surface area contributed by atoms with Gasteiger partial charge in [-0.25, -0.2) is 9.98 Å². The van der Waals surface area contributed by atoms with E-state index in [0.29, 0.717) is 6.54 Å². The van der Waals surface area contributed by atoms with E-state index in [1.165, 1.54) is 4.88 Å². The van der Waals surface area contributed by atoms with Gasteiger partial charge in [0.1, 0.15) is 0 Å². The zero-order valence-electron chi connectivity index (χ0n) is 16.9. The number of primary amides is 1. The lowest BCUT2D eigenvalue weighted by molar-refractivity contribution is -0.123. The summed E-state index contributed by atoms with van der Waals surface area (Å²) in [6.07, 6.45) is 4.04. The van der Waals surface area contributed by atoms with E-state index in [9.17, 15) is 4.79 Å². The van der Waals surface area contributed by atoms with E-state index in [0.717, 1.165) is 75.1 Å². The molecule has 2 rings (SSSR count). The Morgan fingerprint density at radius 1 is 1.30 bits per heavy atom. The minimum absolute atomic E-state index is 0.0766. The molecule has 0 radical (unpaired) electrons. The number of hydrogen-bond acceptors (Lipinski definition) is 5. The smallest absolute Gasteiger partial charge is 0.220 e. The van der Waals surface area contributed by atoms with Crippen LogP contribution in [-0.2, 0) is 11.3 Å². The number of aliphatic imine (C=N–C) groups is 1. The quantitative estimate of drug-likeness (QED) is 0.337. The highest BCUT2D eigenvalue weighted by atomic mass is 32.1. The van der Waals surface area contributed by atoms with Crippen molar-refractivity contribution in [2.24, 2.45) is 16.6 Å². The van der Waals surface area contributed by atoms with Gasteiger partial charge >= 0.3 is 0 Å². The van der Waals surface area contributed by atoms with Gasteiger partial charge in [0.05, 0.1) is 17.2 Å². The number of aromatic nitrogens is 1. The summed E-state index contributed by atoms with van der Waals surface area (Å²) < 4.78 is 0. The van der Waals surface area contributed by atoms with Gasteiger partial charge in [0.2, 0.25) is 5.91 Å². The van der Waals surface area contributed by atoms with Gasteiger partial charge in [-0.2, -0.15) is 0 Å². The van der Waals surface area contributed by atoms with Crippen LogP contribution in [0.1, 0.15) is 48.2 Å². The van der Waals surface area contributed by atoms with Crippen LogP contribution >= 0.6 is 11.3 Å². The number of thiazole rings is 1. The molecule has 0 unspecified atom stereocenters. The third-order valence-corrected chi connectivity index (χ3v) is 5.97. The van der Waals surface area contributed by atoms with Crippen LogP contribution in [0.5, 0.6) is 0 Å². The van der Waals surface area contributed by atoms with Crippen LogP contribution in [0.4, 0.5) is 0 Å². The molecule has 1 aromatic heterocycles. The van der Waals surface area contributed by atoms with Crippen molar-refractivity contribution in [2.75, 3.05) is 32.7 Å². The molecule has 0 aromatic carbocycles. The Hall–Kier alpha value is -1.67. The van der Waals surface area contributed by atoms with E-state index in [2.05, 4.69) is 32.4 Å². The predicted molar refractivity (Wildman–Crippen MR) is 112 cm³/mol. The van der Waals surface area contributed by atoms with Gasteiger partial charge in [0.15, 0.2) is 5.96 Å². The SMILES string of the molecule is CCNC(=NCc1sc(C)nc1C)NCCCCN1CCC(C(N)=O)CC1. The van der Waals surface area contributed by atoms with Gasteiger partial charge < -0.3 is 21.3 Å².